The van der Waals surface area contributed by atoms with Gasteiger partial charge in [0.25, 0.3) is 0 Å². The molecule has 0 spiro atoms. The van der Waals surface area contributed by atoms with E-state index in [0.717, 1.165) is 28.9 Å². The van der Waals surface area contributed by atoms with Gasteiger partial charge in [0.2, 0.25) is 5.91 Å². The molecule has 0 heterocycles. The van der Waals surface area contributed by atoms with E-state index in [1.165, 1.54) is 5.56 Å². The van der Waals surface area contributed by atoms with Crippen molar-refractivity contribution in [2.75, 3.05) is 5.06 Å². The summed E-state index contributed by atoms with van der Waals surface area (Å²) in [6.45, 7) is 8.11. The van der Waals surface area contributed by atoms with Crippen LogP contribution in [0, 0.1) is 13.8 Å². The second kappa shape index (κ2) is 7.97. The number of aryl methyl sites for hydroxylation is 3. The second-order valence-electron chi connectivity index (χ2n) is 5.93. The Labute approximate surface area is 143 Å². The fourth-order valence-corrected chi connectivity index (χ4v) is 2.57. The summed E-state index contributed by atoms with van der Waals surface area (Å²) in [5.74, 6) is 0.467. The van der Waals surface area contributed by atoms with Gasteiger partial charge >= 0.3 is 0 Å². The van der Waals surface area contributed by atoms with E-state index in [2.05, 4.69) is 19.1 Å². The Balaban J connectivity index is 2.23. The summed E-state index contributed by atoms with van der Waals surface area (Å²) in [5, 5.41) is 10.8. The van der Waals surface area contributed by atoms with E-state index in [-0.39, 0.29) is 18.9 Å². The van der Waals surface area contributed by atoms with Crippen LogP contribution in [0.15, 0.2) is 36.4 Å². The average Bonchev–Trinajstić information content (AvgIpc) is 2.59. The number of ether oxygens (including phenoxy) is 1. The Hall–Kier alpha value is -2.33. The zero-order valence-electron chi connectivity index (χ0n) is 14.8. The maximum atomic E-state index is 11.8. The van der Waals surface area contributed by atoms with Crippen molar-refractivity contribution < 1.29 is 14.7 Å². The Morgan fingerprint density at radius 1 is 1.12 bits per heavy atom. The molecule has 0 saturated carbocycles. The van der Waals surface area contributed by atoms with E-state index in [4.69, 9.17) is 4.74 Å². The third-order valence-electron chi connectivity index (χ3n) is 4.03. The molecule has 2 rings (SSSR count). The van der Waals surface area contributed by atoms with Gasteiger partial charge in [-0.2, -0.15) is 5.06 Å². The molecule has 0 unspecified atom stereocenters. The normalized spacial score (nSPS) is 10.5. The predicted molar refractivity (Wildman–Crippen MR) is 95.6 cm³/mol. The molecule has 24 heavy (non-hydrogen) atoms. The monoisotopic (exact) mass is 327 g/mol. The van der Waals surface area contributed by atoms with Crippen LogP contribution in [0.4, 0.5) is 5.69 Å². The summed E-state index contributed by atoms with van der Waals surface area (Å²) in [7, 11) is 0. The number of carbonyl (C=O) groups is 1. The summed E-state index contributed by atoms with van der Waals surface area (Å²) < 4.78 is 5.93. The first-order chi connectivity index (χ1) is 11.5. The fraction of sp³-hybridized carbons (Fsp3) is 0.350. The highest BCUT2D eigenvalue weighted by atomic mass is 16.5. The van der Waals surface area contributed by atoms with Gasteiger partial charge < -0.3 is 4.74 Å². The first-order valence-corrected chi connectivity index (χ1v) is 8.30. The molecule has 1 N–H and O–H groups in total. The van der Waals surface area contributed by atoms with Crippen LogP contribution in [0.1, 0.15) is 42.5 Å². The first kappa shape index (κ1) is 18.0. The van der Waals surface area contributed by atoms with Gasteiger partial charge in [-0.05, 0) is 43.5 Å². The molecule has 0 aromatic heterocycles. The number of benzene rings is 2. The fourth-order valence-electron chi connectivity index (χ4n) is 2.57. The van der Waals surface area contributed by atoms with Crippen LogP contribution in [-0.4, -0.2) is 11.1 Å². The van der Waals surface area contributed by atoms with Gasteiger partial charge in [-0.3, -0.25) is 10.0 Å². The lowest BCUT2D eigenvalue weighted by Gasteiger charge is -2.19. The molecule has 0 bridgehead atoms. The molecule has 0 fully saturated rings. The number of rotatable bonds is 6. The lowest BCUT2D eigenvalue weighted by atomic mass is 10.1. The quantitative estimate of drug-likeness (QED) is 0.624. The molecule has 0 radical (unpaired) electrons. The van der Waals surface area contributed by atoms with Crippen molar-refractivity contribution in [2.45, 2.75) is 47.1 Å². The van der Waals surface area contributed by atoms with Gasteiger partial charge in [0.05, 0.1) is 5.69 Å². The van der Waals surface area contributed by atoms with Gasteiger partial charge in [0.15, 0.2) is 0 Å². The number of anilines is 1. The van der Waals surface area contributed by atoms with Crippen molar-refractivity contribution in [1.29, 1.82) is 0 Å². The molecule has 4 nitrogen and oxygen atoms in total. The molecule has 4 heteroatoms. The van der Waals surface area contributed by atoms with E-state index in [1.54, 1.807) is 13.0 Å². The maximum absolute atomic E-state index is 11.8. The lowest BCUT2D eigenvalue weighted by Crippen LogP contribution is -2.27. The minimum Gasteiger partial charge on any atom is -0.489 e. The predicted octanol–water partition coefficient (Wildman–Crippen LogP) is 4.58. The van der Waals surface area contributed by atoms with Crippen LogP contribution in [0.5, 0.6) is 5.75 Å². The minimum atomic E-state index is -0.344. The summed E-state index contributed by atoms with van der Waals surface area (Å²) in [6.07, 6.45) is 1.23. The van der Waals surface area contributed by atoms with Crippen molar-refractivity contribution in [2.24, 2.45) is 0 Å². The van der Waals surface area contributed by atoms with Crippen LogP contribution in [0.25, 0.3) is 0 Å². The zero-order valence-corrected chi connectivity index (χ0v) is 14.8. The number of hydrogen-bond donors (Lipinski definition) is 1. The SMILES string of the molecule is CCC(=O)N(O)c1ccc(C)cc1COc1ccc(CC)cc1C. The van der Waals surface area contributed by atoms with Crippen LogP contribution in [0.3, 0.4) is 0 Å². The average molecular weight is 327 g/mol. The molecule has 0 saturated heterocycles. The van der Waals surface area contributed by atoms with Crippen LogP contribution < -0.4 is 9.80 Å². The Morgan fingerprint density at radius 3 is 2.50 bits per heavy atom. The lowest BCUT2D eigenvalue weighted by molar-refractivity contribution is -0.123. The van der Waals surface area contributed by atoms with Crippen molar-refractivity contribution in [3.8, 4) is 5.75 Å². The maximum Gasteiger partial charge on any atom is 0.250 e. The largest absolute Gasteiger partial charge is 0.489 e. The van der Waals surface area contributed by atoms with E-state index in [1.807, 2.05) is 32.0 Å². The molecule has 0 aliphatic heterocycles. The summed E-state index contributed by atoms with van der Waals surface area (Å²) in [4.78, 5) is 11.8. The van der Waals surface area contributed by atoms with Crippen molar-refractivity contribution in [1.82, 2.24) is 0 Å². The molecule has 128 valence electrons. The Kier molecular flexibility index (Phi) is 5.99. The number of nitrogens with zero attached hydrogens (tertiary/aromatic N) is 1. The third kappa shape index (κ3) is 4.15. The number of amides is 1. The molecular formula is C20H25NO3. The standard InChI is InChI=1S/C20H25NO3/c1-5-16-8-10-19(15(4)12-16)24-13-17-11-14(3)7-9-18(17)21(23)20(22)6-2/h7-12,23H,5-6,13H2,1-4H3. The van der Waals surface area contributed by atoms with Gasteiger partial charge in [-0.1, -0.05) is 43.7 Å². The van der Waals surface area contributed by atoms with E-state index < -0.39 is 0 Å². The Morgan fingerprint density at radius 2 is 1.88 bits per heavy atom. The van der Waals surface area contributed by atoms with Crippen LogP contribution in [-0.2, 0) is 17.8 Å². The number of hydrogen-bond acceptors (Lipinski definition) is 3. The summed E-state index contributed by atoms with van der Waals surface area (Å²) in [5.41, 5.74) is 4.64. The topological polar surface area (TPSA) is 49.8 Å². The summed E-state index contributed by atoms with van der Waals surface area (Å²) in [6, 6.07) is 11.7. The van der Waals surface area contributed by atoms with Gasteiger partial charge in [-0.25, -0.2) is 0 Å². The highest BCUT2D eigenvalue weighted by Crippen LogP contribution is 2.25. The highest BCUT2D eigenvalue weighted by molar-refractivity contribution is 5.91. The van der Waals surface area contributed by atoms with Crippen molar-refractivity contribution >= 4 is 11.6 Å². The van der Waals surface area contributed by atoms with Gasteiger partial charge in [0, 0.05) is 12.0 Å². The third-order valence-corrected chi connectivity index (χ3v) is 4.03. The number of carbonyl (C=O) groups excluding carboxylic acids is 1. The van der Waals surface area contributed by atoms with Crippen LogP contribution >= 0.6 is 0 Å². The molecule has 0 aliphatic rings. The highest BCUT2D eigenvalue weighted by Gasteiger charge is 2.16. The number of hydroxylamine groups is 1. The van der Waals surface area contributed by atoms with E-state index in [0.29, 0.717) is 10.8 Å². The molecule has 2 aromatic carbocycles. The molecule has 1 amide bonds. The minimum absolute atomic E-state index is 0.238. The van der Waals surface area contributed by atoms with Gasteiger partial charge in [0.1, 0.15) is 12.4 Å². The second-order valence-corrected chi connectivity index (χ2v) is 5.93. The molecule has 0 aliphatic carbocycles. The zero-order chi connectivity index (χ0) is 17.7. The van der Waals surface area contributed by atoms with Crippen molar-refractivity contribution in [3.63, 3.8) is 0 Å². The van der Waals surface area contributed by atoms with E-state index in [9.17, 15) is 10.0 Å². The van der Waals surface area contributed by atoms with Gasteiger partial charge in [-0.15, -0.1) is 0 Å². The molecular weight excluding hydrogens is 302 g/mol. The first-order valence-electron chi connectivity index (χ1n) is 8.30. The van der Waals surface area contributed by atoms with E-state index >= 15 is 0 Å². The summed E-state index contributed by atoms with van der Waals surface area (Å²) >= 11 is 0. The molecule has 0 atom stereocenters. The Bertz CT molecular complexity index is 725. The molecule has 2 aromatic rings. The van der Waals surface area contributed by atoms with Crippen LogP contribution in [0.2, 0.25) is 0 Å². The smallest absolute Gasteiger partial charge is 0.250 e. The van der Waals surface area contributed by atoms with Crippen molar-refractivity contribution in [3.05, 3.63) is 58.7 Å².